The Bertz CT molecular complexity index is 475. The van der Waals surface area contributed by atoms with Crippen LogP contribution in [0.4, 0.5) is 0 Å². The maximum Gasteiger partial charge on any atom is 0.306 e. The zero-order valence-corrected chi connectivity index (χ0v) is 11.6. The molecule has 0 bridgehead atoms. The number of carbonyl (C=O) groups is 1. The molecule has 1 fully saturated rings. The van der Waals surface area contributed by atoms with Gasteiger partial charge in [-0.1, -0.05) is 18.6 Å². The number of ether oxygens (including phenoxy) is 1. The maximum absolute atomic E-state index is 11.0. The van der Waals surface area contributed by atoms with Gasteiger partial charge in [-0.05, 0) is 25.3 Å². The van der Waals surface area contributed by atoms with Crippen LogP contribution in [-0.4, -0.2) is 29.3 Å². The SMILES string of the molecule is COc1cccc(CNC2CCCC(C(=O)O)C2)c1O. The van der Waals surface area contributed by atoms with Crippen molar-refractivity contribution < 1.29 is 19.7 Å². The van der Waals surface area contributed by atoms with Crippen molar-refractivity contribution in [1.82, 2.24) is 5.32 Å². The molecule has 0 amide bonds. The van der Waals surface area contributed by atoms with Crippen LogP contribution in [0.15, 0.2) is 18.2 Å². The maximum atomic E-state index is 11.0. The number of carboxylic acid groups (broad SMARTS) is 1. The third-order valence-corrected chi connectivity index (χ3v) is 3.91. The Morgan fingerprint density at radius 2 is 2.25 bits per heavy atom. The number of phenols is 1. The van der Waals surface area contributed by atoms with E-state index in [0.29, 0.717) is 18.7 Å². The number of aliphatic carboxylic acids is 1. The van der Waals surface area contributed by atoms with Crippen molar-refractivity contribution >= 4 is 5.97 Å². The lowest BCUT2D eigenvalue weighted by Crippen LogP contribution is -2.36. The van der Waals surface area contributed by atoms with Crippen molar-refractivity contribution in [2.24, 2.45) is 5.92 Å². The normalized spacial score (nSPS) is 22.4. The number of para-hydroxylation sites is 1. The van der Waals surface area contributed by atoms with Crippen LogP contribution < -0.4 is 10.1 Å². The van der Waals surface area contributed by atoms with Gasteiger partial charge in [-0.15, -0.1) is 0 Å². The van der Waals surface area contributed by atoms with E-state index in [9.17, 15) is 9.90 Å². The van der Waals surface area contributed by atoms with Crippen LogP contribution >= 0.6 is 0 Å². The van der Waals surface area contributed by atoms with Gasteiger partial charge in [0.1, 0.15) is 0 Å². The topological polar surface area (TPSA) is 78.8 Å². The average Bonchev–Trinajstić information content (AvgIpc) is 2.46. The zero-order chi connectivity index (χ0) is 14.5. The molecule has 0 aromatic heterocycles. The van der Waals surface area contributed by atoms with E-state index in [1.807, 2.05) is 12.1 Å². The number of carboxylic acids is 1. The van der Waals surface area contributed by atoms with Crippen LogP contribution in [0.25, 0.3) is 0 Å². The molecule has 110 valence electrons. The van der Waals surface area contributed by atoms with E-state index >= 15 is 0 Å². The molecule has 5 nitrogen and oxygen atoms in total. The van der Waals surface area contributed by atoms with E-state index in [1.165, 1.54) is 7.11 Å². The van der Waals surface area contributed by atoms with Crippen molar-refractivity contribution in [2.45, 2.75) is 38.3 Å². The average molecular weight is 279 g/mol. The Morgan fingerprint density at radius 1 is 1.45 bits per heavy atom. The van der Waals surface area contributed by atoms with Gasteiger partial charge in [0.25, 0.3) is 0 Å². The number of hydrogen-bond donors (Lipinski definition) is 3. The first-order chi connectivity index (χ1) is 9.61. The molecule has 1 saturated carbocycles. The first-order valence-electron chi connectivity index (χ1n) is 6.93. The van der Waals surface area contributed by atoms with E-state index in [4.69, 9.17) is 9.84 Å². The van der Waals surface area contributed by atoms with Gasteiger partial charge in [-0.3, -0.25) is 4.79 Å². The summed E-state index contributed by atoms with van der Waals surface area (Å²) in [6.07, 6.45) is 3.32. The second-order valence-corrected chi connectivity index (χ2v) is 5.25. The predicted molar refractivity (Wildman–Crippen MR) is 74.9 cm³/mol. The minimum atomic E-state index is -0.708. The summed E-state index contributed by atoms with van der Waals surface area (Å²) in [5.74, 6) is -0.356. The third-order valence-electron chi connectivity index (χ3n) is 3.91. The fraction of sp³-hybridized carbons (Fsp3) is 0.533. The van der Waals surface area contributed by atoms with Crippen molar-refractivity contribution in [3.63, 3.8) is 0 Å². The number of phenolic OH excluding ortho intramolecular Hbond substituents is 1. The van der Waals surface area contributed by atoms with E-state index in [-0.39, 0.29) is 17.7 Å². The van der Waals surface area contributed by atoms with Gasteiger partial charge < -0.3 is 20.3 Å². The summed E-state index contributed by atoms with van der Waals surface area (Å²) in [5, 5.41) is 22.4. The highest BCUT2D eigenvalue weighted by atomic mass is 16.5. The Balaban J connectivity index is 1.93. The van der Waals surface area contributed by atoms with Crippen molar-refractivity contribution in [1.29, 1.82) is 0 Å². The molecule has 1 aliphatic rings. The number of rotatable bonds is 5. The molecule has 0 radical (unpaired) electrons. The smallest absolute Gasteiger partial charge is 0.306 e. The molecule has 5 heteroatoms. The first kappa shape index (κ1) is 14.7. The number of methoxy groups -OCH3 is 1. The first-order valence-corrected chi connectivity index (χ1v) is 6.93. The van der Waals surface area contributed by atoms with Gasteiger partial charge >= 0.3 is 5.97 Å². The van der Waals surface area contributed by atoms with Crippen molar-refractivity contribution in [2.75, 3.05) is 7.11 Å². The molecule has 0 saturated heterocycles. The van der Waals surface area contributed by atoms with E-state index in [1.54, 1.807) is 6.07 Å². The molecule has 0 heterocycles. The standard InChI is InChI=1S/C15H21NO4/c1-20-13-7-3-5-11(14(13)17)9-16-12-6-2-4-10(8-12)15(18)19/h3,5,7,10,12,16-17H,2,4,6,8-9H2,1H3,(H,18,19). The van der Waals surface area contributed by atoms with Crippen LogP contribution in [0.3, 0.4) is 0 Å². The largest absolute Gasteiger partial charge is 0.504 e. The molecule has 20 heavy (non-hydrogen) atoms. The lowest BCUT2D eigenvalue weighted by Gasteiger charge is -2.27. The van der Waals surface area contributed by atoms with E-state index < -0.39 is 5.97 Å². The molecule has 0 aliphatic heterocycles. The molecular formula is C15H21NO4. The zero-order valence-electron chi connectivity index (χ0n) is 11.6. The summed E-state index contributed by atoms with van der Waals surface area (Å²) in [4.78, 5) is 11.0. The van der Waals surface area contributed by atoms with Gasteiger partial charge in [0, 0.05) is 18.2 Å². The summed E-state index contributed by atoms with van der Waals surface area (Å²) in [7, 11) is 1.52. The minimum Gasteiger partial charge on any atom is -0.504 e. The molecule has 1 aromatic rings. The van der Waals surface area contributed by atoms with E-state index in [0.717, 1.165) is 24.8 Å². The summed E-state index contributed by atoms with van der Waals surface area (Å²) < 4.78 is 5.07. The summed E-state index contributed by atoms with van der Waals surface area (Å²) in [6, 6.07) is 5.56. The monoisotopic (exact) mass is 279 g/mol. The lowest BCUT2D eigenvalue weighted by atomic mass is 9.86. The molecule has 2 atom stereocenters. The quantitative estimate of drug-likeness (QED) is 0.769. The van der Waals surface area contributed by atoms with Crippen molar-refractivity contribution in [3.05, 3.63) is 23.8 Å². The number of benzene rings is 1. The van der Waals surface area contributed by atoms with Gasteiger partial charge in [0.05, 0.1) is 13.0 Å². The number of nitrogens with one attached hydrogen (secondary N) is 1. The molecule has 0 spiro atoms. The predicted octanol–water partition coefficient (Wildman–Crippen LogP) is 2.13. The molecule has 1 aromatic carbocycles. The Kier molecular flexibility index (Phi) is 4.84. The van der Waals surface area contributed by atoms with Gasteiger partial charge in [-0.2, -0.15) is 0 Å². The van der Waals surface area contributed by atoms with Gasteiger partial charge in [0.15, 0.2) is 11.5 Å². The Labute approximate surface area is 118 Å². The van der Waals surface area contributed by atoms with Crippen LogP contribution in [0.1, 0.15) is 31.2 Å². The second kappa shape index (κ2) is 6.61. The fourth-order valence-corrected chi connectivity index (χ4v) is 2.73. The third kappa shape index (κ3) is 3.42. The Hall–Kier alpha value is -1.75. The van der Waals surface area contributed by atoms with E-state index in [2.05, 4.69) is 5.32 Å². The minimum absolute atomic E-state index is 0.146. The second-order valence-electron chi connectivity index (χ2n) is 5.25. The van der Waals surface area contributed by atoms with Gasteiger partial charge in [-0.25, -0.2) is 0 Å². The molecular weight excluding hydrogens is 258 g/mol. The number of aromatic hydroxyl groups is 1. The highest BCUT2D eigenvalue weighted by Gasteiger charge is 2.26. The van der Waals surface area contributed by atoms with Gasteiger partial charge in [0.2, 0.25) is 0 Å². The summed E-state index contributed by atoms with van der Waals surface area (Å²) in [6.45, 7) is 0.514. The van der Waals surface area contributed by atoms with Crippen LogP contribution in [0, 0.1) is 5.92 Å². The van der Waals surface area contributed by atoms with Crippen molar-refractivity contribution in [3.8, 4) is 11.5 Å². The molecule has 3 N–H and O–H groups in total. The van der Waals surface area contributed by atoms with Crippen LogP contribution in [0.2, 0.25) is 0 Å². The fourth-order valence-electron chi connectivity index (χ4n) is 2.73. The summed E-state index contributed by atoms with van der Waals surface area (Å²) >= 11 is 0. The lowest BCUT2D eigenvalue weighted by molar-refractivity contribution is -0.143. The highest BCUT2D eigenvalue weighted by Crippen LogP contribution is 2.30. The van der Waals surface area contributed by atoms with Crippen LogP contribution in [-0.2, 0) is 11.3 Å². The summed E-state index contributed by atoms with van der Waals surface area (Å²) in [5.41, 5.74) is 0.766. The molecule has 1 aliphatic carbocycles. The van der Waals surface area contributed by atoms with Crippen LogP contribution in [0.5, 0.6) is 11.5 Å². The highest BCUT2D eigenvalue weighted by molar-refractivity contribution is 5.70. The number of hydrogen-bond acceptors (Lipinski definition) is 4. The molecule has 2 unspecified atom stereocenters. The molecule has 2 rings (SSSR count). The Morgan fingerprint density at radius 3 is 2.95 bits per heavy atom.